The van der Waals surface area contributed by atoms with Crippen molar-refractivity contribution in [1.82, 2.24) is 0 Å². The molecule has 0 radical (unpaired) electrons. The second-order valence-corrected chi connectivity index (χ2v) is 39.7. The van der Waals surface area contributed by atoms with E-state index in [2.05, 4.69) is 27.7 Å². The van der Waals surface area contributed by atoms with Crippen LogP contribution in [0.3, 0.4) is 0 Å². The fraction of sp³-hybridized carbons (Fsp3) is 0.574. The van der Waals surface area contributed by atoms with Gasteiger partial charge in [-0.3, -0.25) is 0 Å². The SMILES string of the molecule is COc1c(OCc2ccc(OCC(=O)OC3(C)C4CC5CC(C4)CC3C5)cc2)cc([I+]c2cc(OCc3ccc(OCC(=O)OC4(C)C5CC6CC(C5)CC4C6)cc3)c(OC)c(OCc3ccc(OCC(=O)OC4(C)C5CC6CC(C5)CC4C6)cc3)c2)cc1OCc1ccc(OCC(=O)OC2(C)C3CC4CC(C3)CC2C4)cc1. The number of hydrogen-bond acceptors (Lipinski definition) is 18. The first-order chi connectivity index (χ1) is 54.7. The molecule has 16 bridgehead atoms. The van der Waals surface area contributed by atoms with Crippen LogP contribution in [0.2, 0.25) is 0 Å². The zero-order valence-electron chi connectivity index (χ0n) is 66.3. The highest BCUT2D eigenvalue weighted by atomic mass is 127. The Labute approximate surface area is 674 Å². The zero-order valence-corrected chi connectivity index (χ0v) is 68.5. The van der Waals surface area contributed by atoms with Crippen molar-refractivity contribution in [2.75, 3.05) is 40.6 Å². The summed E-state index contributed by atoms with van der Waals surface area (Å²) < 4.78 is 90.7. The Kier molecular flexibility index (Phi) is 21.3. The Balaban J connectivity index is 0.571. The lowest BCUT2D eigenvalue weighted by Gasteiger charge is -2.59. The predicted molar refractivity (Wildman–Crippen MR) is 415 cm³/mol. The maximum atomic E-state index is 13.4. The summed E-state index contributed by atoms with van der Waals surface area (Å²) in [7, 11) is 3.20. The van der Waals surface area contributed by atoms with Gasteiger partial charge >= 0.3 is 45.1 Å². The summed E-state index contributed by atoms with van der Waals surface area (Å²) in [4.78, 5) is 53.8. The molecule has 22 rings (SSSR count). The van der Waals surface area contributed by atoms with Crippen molar-refractivity contribution in [3.05, 3.63) is 151 Å². The molecular formula is C94H110IO18+. The molecule has 0 amide bonds. The van der Waals surface area contributed by atoms with Gasteiger partial charge in [-0.25, -0.2) is 19.2 Å². The average molecular weight is 1650 g/mol. The van der Waals surface area contributed by atoms with E-state index in [0.29, 0.717) is 105 Å². The third kappa shape index (κ3) is 16.0. The average Bonchev–Trinajstić information content (AvgIpc) is 0.748. The van der Waals surface area contributed by atoms with Crippen molar-refractivity contribution in [1.29, 1.82) is 0 Å². The lowest BCUT2D eigenvalue weighted by atomic mass is 9.50. The lowest BCUT2D eigenvalue weighted by molar-refractivity contribution is -0.597. The maximum Gasteiger partial charge on any atom is 0.358 e. The quantitative estimate of drug-likeness (QED) is 0.0219. The van der Waals surface area contributed by atoms with Crippen LogP contribution >= 0.6 is 0 Å². The molecule has 16 saturated carbocycles. The maximum absolute atomic E-state index is 13.4. The van der Waals surface area contributed by atoms with Gasteiger partial charge < -0.3 is 66.3 Å². The van der Waals surface area contributed by atoms with Gasteiger partial charge in [0.25, 0.3) is 0 Å². The Morgan fingerprint density at radius 3 is 0.646 bits per heavy atom. The highest BCUT2D eigenvalue weighted by Gasteiger charge is 2.61. The molecule has 6 aromatic carbocycles. The summed E-state index contributed by atoms with van der Waals surface area (Å²) in [6.45, 7) is 8.59. The molecular weight excluding hydrogens is 1540 g/mol. The van der Waals surface area contributed by atoms with Crippen LogP contribution in [0.5, 0.6) is 57.5 Å². The van der Waals surface area contributed by atoms with Gasteiger partial charge in [0.05, 0.1) is 14.2 Å². The predicted octanol–water partition coefficient (Wildman–Crippen LogP) is 14.7. The van der Waals surface area contributed by atoms with Gasteiger partial charge in [-0.1, -0.05) is 48.5 Å². The normalized spacial score (nSPS) is 33.1. The molecule has 16 aliphatic rings. The number of methoxy groups -OCH3 is 2. The molecule has 16 fully saturated rings. The van der Waals surface area contributed by atoms with E-state index in [1.165, 1.54) is 25.7 Å². The molecule has 0 aromatic heterocycles. The molecule has 0 unspecified atom stereocenters. The van der Waals surface area contributed by atoms with Crippen LogP contribution in [0.1, 0.15) is 178 Å². The van der Waals surface area contributed by atoms with E-state index < -0.39 is 43.6 Å². The van der Waals surface area contributed by atoms with Crippen LogP contribution in [0.15, 0.2) is 121 Å². The number of rotatable bonds is 32. The Morgan fingerprint density at radius 1 is 0.283 bits per heavy atom. The molecule has 113 heavy (non-hydrogen) atoms. The van der Waals surface area contributed by atoms with E-state index >= 15 is 0 Å². The molecule has 600 valence electrons. The van der Waals surface area contributed by atoms with E-state index in [9.17, 15) is 19.2 Å². The third-order valence-corrected chi connectivity index (χ3v) is 32.2. The summed E-state index contributed by atoms with van der Waals surface area (Å²) in [5.41, 5.74) is 1.69. The molecule has 0 spiro atoms. The highest BCUT2D eigenvalue weighted by molar-refractivity contribution is 5.73. The fourth-order valence-corrected chi connectivity index (χ4v) is 26.8. The Hall–Kier alpha value is -8.07. The van der Waals surface area contributed by atoms with Crippen LogP contribution in [0.25, 0.3) is 0 Å². The molecule has 0 saturated heterocycles. The molecule has 6 aromatic rings. The van der Waals surface area contributed by atoms with Crippen LogP contribution in [-0.4, -0.2) is 86.9 Å². The van der Waals surface area contributed by atoms with Gasteiger partial charge in [-0.15, -0.1) is 0 Å². The van der Waals surface area contributed by atoms with E-state index in [1.54, 1.807) is 14.2 Å². The monoisotopic (exact) mass is 1650 g/mol. The summed E-state index contributed by atoms with van der Waals surface area (Å²) in [6.07, 6.45) is 23.7. The molecule has 0 atom stereocenters. The number of ether oxygens (including phenoxy) is 14. The number of hydrogen-bond donors (Lipinski definition) is 0. The van der Waals surface area contributed by atoms with Crippen molar-refractivity contribution >= 4 is 23.9 Å². The fourth-order valence-electron chi connectivity index (χ4n) is 24.3. The Bertz CT molecular complexity index is 3790. The molecule has 0 aliphatic heterocycles. The van der Waals surface area contributed by atoms with Gasteiger partial charge in [0.15, 0.2) is 49.4 Å². The number of carbonyl (C=O) groups is 4. The highest BCUT2D eigenvalue weighted by Crippen LogP contribution is 2.64. The van der Waals surface area contributed by atoms with Crippen molar-refractivity contribution in [2.45, 2.75) is 205 Å². The number of esters is 4. The molecule has 19 heteroatoms. The molecule has 0 heterocycles. The van der Waals surface area contributed by atoms with E-state index in [0.717, 1.165) is 179 Å². The first-order valence-corrected chi connectivity index (χ1v) is 44.2. The van der Waals surface area contributed by atoms with Gasteiger partial charge in [0.2, 0.25) is 18.6 Å². The van der Waals surface area contributed by atoms with Gasteiger partial charge in [0.1, 0.15) is 71.8 Å². The van der Waals surface area contributed by atoms with E-state index in [-0.39, 0.29) is 76.7 Å². The third-order valence-electron chi connectivity index (χ3n) is 29.7. The van der Waals surface area contributed by atoms with Crippen molar-refractivity contribution < 1.29 is 107 Å². The number of carbonyl (C=O) groups excluding carboxylic acids is 4. The van der Waals surface area contributed by atoms with Crippen molar-refractivity contribution in [3.63, 3.8) is 0 Å². The minimum absolute atomic E-state index is 0.166. The summed E-state index contributed by atoms with van der Waals surface area (Å²) >= 11 is -1.10. The van der Waals surface area contributed by atoms with Gasteiger partial charge in [0, 0.05) is 24.3 Å². The number of halogens is 1. The first kappa shape index (κ1) is 76.2. The van der Waals surface area contributed by atoms with Crippen molar-refractivity contribution in [2.24, 2.45) is 94.7 Å². The first-order valence-electron chi connectivity index (χ1n) is 42.1. The largest absolute Gasteiger partial charge is 0.490 e. The Morgan fingerprint density at radius 2 is 0.469 bits per heavy atom. The topological polar surface area (TPSA) is 197 Å². The second kappa shape index (κ2) is 31.5. The van der Waals surface area contributed by atoms with Crippen LogP contribution in [0, 0.1) is 102 Å². The minimum Gasteiger partial charge on any atom is -0.490 e. The van der Waals surface area contributed by atoms with E-state index in [1.807, 2.05) is 121 Å². The van der Waals surface area contributed by atoms with Gasteiger partial charge in [-0.2, -0.15) is 0 Å². The van der Waals surface area contributed by atoms with Crippen molar-refractivity contribution in [3.8, 4) is 57.5 Å². The van der Waals surface area contributed by atoms with Crippen LogP contribution in [0.4, 0.5) is 0 Å². The standard InChI is InChI=1S/C94H110IO18/c1-91(67-27-59-23-60(29-67)30-68(91)28-59)110-85(96)51-102-77-15-7-55(8-16-77)47-106-81-43-75(44-82(89(81)100-5)107-48-56-9-17-78(18-10-56)103-52-86(97)111-92(2)69-31-61-24-62(33-69)34-70(92)32-61)95-76-45-83(108-49-57-11-19-79(20-12-57)104-53-87(98)112-93(3)71-35-63-25-64(37-71)38-72(93)36-63)90(101-6)84(46-76)109-50-58-13-21-80(22-14-58)105-54-88(99)113-94(4)73-39-65-26-66(41-73)42-74(94)40-65/h7-22,43-46,59-74H,23-42,47-54H2,1-6H3/q+1. The zero-order chi connectivity index (χ0) is 77.3. The lowest BCUT2D eigenvalue weighted by Crippen LogP contribution is -3.61. The smallest absolute Gasteiger partial charge is 0.358 e. The summed E-state index contributed by atoms with van der Waals surface area (Å²) in [5.74, 6) is 13.0. The van der Waals surface area contributed by atoms with Crippen LogP contribution in [-0.2, 0) is 64.6 Å². The summed E-state index contributed by atoms with van der Waals surface area (Å²) in [5, 5.41) is 0. The molecule has 0 N–H and O–H groups in total. The second-order valence-electron chi connectivity index (χ2n) is 36.7. The number of benzene rings is 6. The van der Waals surface area contributed by atoms with Crippen LogP contribution < -0.4 is 68.6 Å². The molecule has 18 nitrogen and oxygen atoms in total. The van der Waals surface area contributed by atoms with E-state index in [4.69, 9.17) is 66.3 Å². The minimum atomic E-state index is -1.10. The summed E-state index contributed by atoms with van der Waals surface area (Å²) in [6, 6.07) is 38.2. The van der Waals surface area contributed by atoms with Gasteiger partial charge in [-0.05, 0) is 322 Å². The molecule has 16 aliphatic carbocycles.